The molecular formula is H6ClNNaO4S+. The van der Waals surface area contributed by atoms with Crippen molar-refractivity contribution in [3.8, 4) is 0 Å². The molecule has 0 aliphatic rings. The van der Waals surface area contributed by atoms with Crippen LogP contribution < -0.4 is 35.7 Å². The fourth-order valence-electron chi connectivity index (χ4n) is 0. The van der Waals surface area contributed by atoms with Crippen molar-refractivity contribution in [2.45, 2.75) is 0 Å². The van der Waals surface area contributed by atoms with Crippen LogP contribution in [0.25, 0.3) is 0 Å². The summed E-state index contributed by atoms with van der Waals surface area (Å²) in [6.45, 7) is 0. The first-order valence-electron chi connectivity index (χ1n) is 0.698. The molecule has 0 aromatic carbocycles. The van der Waals surface area contributed by atoms with Gasteiger partial charge in [0.2, 0.25) is 0 Å². The number of rotatable bonds is 0. The van der Waals surface area contributed by atoms with Gasteiger partial charge in [-0.3, -0.25) is 9.11 Å². The second-order valence-corrected chi connectivity index (χ2v) is 1.34. The average Bonchev–Trinajstić information content (AvgIpc) is 0.722. The molecule has 0 aliphatic carbocycles. The third-order valence-corrected chi connectivity index (χ3v) is 0. The molecule has 5 nitrogen and oxygen atoms in total. The van der Waals surface area contributed by atoms with E-state index in [1.165, 1.54) is 0 Å². The monoisotopic (exact) mass is 174 g/mol. The predicted molar refractivity (Wildman–Crippen MR) is 26.4 cm³/mol. The van der Waals surface area contributed by atoms with Crippen LogP contribution >= 0.6 is 12.4 Å². The molecule has 8 heteroatoms. The van der Waals surface area contributed by atoms with Crippen molar-refractivity contribution in [2.75, 3.05) is 0 Å². The summed E-state index contributed by atoms with van der Waals surface area (Å²) in [6.07, 6.45) is 0. The average molecular weight is 175 g/mol. The van der Waals surface area contributed by atoms with E-state index in [1.54, 1.807) is 0 Å². The molecule has 0 saturated heterocycles. The predicted octanol–water partition coefficient (Wildman–Crippen LogP) is -3.06. The Kier molecular flexibility index (Phi) is 23.3. The van der Waals surface area contributed by atoms with Crippen LogP contribution in [-0.4, -0.2) is 17.5 Å². The molecule has 0 heterocycles. The molecule has 8 heavy (non-hydrogen) atoms. The maximum absolute atomic E-state index is 8.74. The van der Waals surface area contributed by atoms with Crippen molar-refractivity contribution < 1.29 is 47.1 Å². The molecule has 0 aromatic heterocycles. The van der Waals surface area contributed by atoms with Crippen molar-refractivity contribution in [1.29, 1.82) is 0 Å². The minimum absolute atomic E-state index is 0. The van der Waals surface area contributed by atoms with Crippen LogP contribution in [0.1, 0.15) is 0 Å². The van der Waals surface area contributed by atoms with Gasteiger partial charge in [-0.15, -0.1) is 12.4 Å². The summed E-state index contributed by atoms with van der Waals surface area (Å²) < 4.78 is 31.6. The van der Waals surface area contributed by atoms with Crippen LogP contribution in [0.5, 0.6) is 0 Å². The SMILES string of the molecule is Cl.N.O=S(=O)(O)O.[Na+]. The first kappa shape index (κ1) is 22.9. The van der Waals surface area contributed by atoms with Crippen LogP contribution in [0, 0.1) is 0 Å². The third-order valence-electron chi connectivity index (χ3n) is 0. The van der Waals surface area contributed by atoms with Crippen LogP contribution in [0.15, 0.2) is 0 Å². The van der Waals surface area contributed by atoms with Gasteiger partial charge in [0, 0.05) is 0 Å². The Bertz CT molecular complexity index is 99.2. The van der Waals surface area contributed by atoms with Gasteiger partial charge in [-0.2, -0.15) is 8.42 Å². The Morgan fingerprint density at radius 1 is 1.12 bits per heavy atom. The Labute approximate surface area is 75.7 Å². The van der Waals surface area contributed by atoms with E-state index in [2.05, 4.69) is 0 Å². The van der Waals surface area contributed by atoms with E-state index in [1.807, 2.05) is 0 Å². The van der Waals surface area contributed by atoms with Gasteiger partial charge in [-0.05, 0) is 0 Å². The van der Waals surface area contributed by atoms with Crippen LogP contribution in [0.2, 0.25) is 0 Å². The van der Waals surface area contributed by atoms with Crippen molar-refractivity contribution in [3.05, 3.63) is 0 Å². The molecular weight excluding hydrogens is 169 g/mol. The van der Waals surface area contributed by atoms with Gasteiger partial charge in [0.05, 0.1) is 0 Å². The van der Waals surface area contributed by atoms with E-state index in [-0.39, 0.29) is 48.1 Å². The molecule has 0 rings (SSSR count). The Balaban J connectivity index is -0.0000000267. The fraction of sp³-hybridized carbons (Fsp3) is 0. The van der Waals surface area contributed by atoms with Gasteiger partial charge in [-0.25, -0.2) is 0 Å². The molecule has 48 valence electrons. The van der Waals surface area contributed by atoms with E-state index >= 15 is 0 Å². The largest absolute Gasteiger partial charge is 1.00 e. The standard InChI is InChI=1S/ClH.H3N.Na.H2O4S/c;;;1-5(2,3)4/h1H;1H3;;(H2,1,2,3,4)/q;;+1;. The summed E-state index contributed by atoms with van der Waals surface area (Å²) in [7, 11) is -4.67. The molecule has 0 spiro atoms. The quantitative estimate of drug-likeness (QED) is 0.267. The van der Waals surface area contributed by atoms with E-state index in [9.17, 15) is 0 Å². The van der Waals surface area contributed by atoms with Crippen LogP contribution in [0.3, 0.4) is 0 Å². The van der Waals surface area contributed by atoms with Gasteiger partial charge >= 0.3 is 40.0 Å². The molecule has 0 unspecified atom stereocenters. The third kappa shape index (κ3) is 213. The molecule has 0 aromatic rings. The molecule has 0 amide bonds. The minimum atomic E-state index is -4.67. The van der Waals surface area contributed by atoms with Gasteiger partial charge in [0.1, 0.15) is 0 Å². The zero-order valence-corrected chi connectivity index (χ0v) is 7.87. The van der Waals surface area contributed by atoms with Crippen molar-refractivity contribution in [3.63, 3.8) is 0 Å². The Morgan fingerprint density at radius 3 is 1.12 bits per heavy atom. The summed E-state index contributed by atoms with van der Waals surface area (Å²) in [5.74, 6) is 0. The number of halogens is 1. The molecule has 5 N–H and O–H groups in total. The number of hydrogen-bond acceptors (Lipinski definition) is 3. The summed E-state index contributed by atoms with van der Waals surface area (Å²) >= 11 is 0. The van der Waals surface area contributed by atoms with Crippen molar-refractivity contribution >= 4 is 22.8 Å². The Hall–Kier alpha value is 1.12. The first-order chi connectivity index (χ1) is 2.00. The molecule has 0 bridgehead atoms. The molecule has 0 atom stereocenters. The van der Waals surface area contributed by atoms with E-state index < -0.39 is 10.4 Å². The van der Waals surface area contributed by atoms with Crippen LogP contribution in [-0.2, 0) is 10.4 Å². The number of hydrogen-bond donors (Lipinski definition) is 3. The zero-order valence-electron chi connectivity index (χ0n) is 4.23. The second kappa shape index (κ2) is 8.12. The zero-order chi connectivity index (χ0) is 4.50. The maximum atomic E-state index is 8.74. The summed E-state index contributed by atoms with van der Waals surface area (Å²) in [6, 6.07) is 0. The van der Waals surface area contributed by atoms with Crippen molar-refractivity contribution in [2.24, 2.45) is 0 Å². The van der Waals surface area contributed by atoms with E-state index in [0.717, 1.165) is 0 Å². The summed E-state index contributed by atoms with van der Waals surface area (Å²) in [5, 5.41) is 0. The van der Waals surface area contributed by atoms with Crippen molar-refractivity contribution in [1.82, 2.24) is 6.15 Å². The maximum Gasteiger partial charge on any atom is 1.00 e. The first-order valence-corrected chi connectivity index (χ1v) is 2.10. The van der Waals surface area contributed by atoms with Gasteiger partial charge in [0.25, 0.3) is 0 Å². The normalized spacial score (nSPS) is 7.25. The topological polar surface area (TPSA) is 110 Å². The molecule has 0 aliphatic heterocycles. The van der Waals surface area contributed by atoms with Gasteiger partial charge in [0.15, 0.2) is 0 Å². The van der Waals surface area contributed by atoms with Gasteiger partial charge < -0.3 is 6.15 Å². The molecule has 0 radical (unpaired) electrons. The molecule has 0 fully saturated rings. The minimum Gasteiger partial charge on any atom is -0.344 e. The second-order valence-electron chi connectivity index (χ2n) is 0.448. The fourth-order valence-corrected chi connectivity index (χ4v) is 0. The summed E-state index contributed by atoms with van der Waals surface area (Å²) in [4.78, 5) is 0. The van der Waals surface area contributed by atoms with E-state index in [4.69, 9.17) is 17.5 Å². The molecule has 0 saturated carbocycles. The smallest absolute Gasteiger partial charge is 0.344 e. The summed E-state index contributed by atoms with van der Waals surface area (Å²) in [5.41, 5.74) is 0. The van der Waals surface area contributed by atoms with Gasteiger partial charge in [-0.1, -0.05) is 0 Å². The Morgan fingerprint density at radius 2 is 1.12 bits per heavy atom. The van der Waals surface area contributed by atoms with Crippen LogP contribution in [0.4, 0.5) is 0 Å². The van der Waals surface area contributed by atoms with E-state index in [0.29, 0.717) is 0 Å².